The zero-order chi connectivity index (χ0) is 16.6. The number of nitrogens with one attached hydrogen (secondary N) is 1. The van der Waals surface area contributed by atoms with Crippen molar-refractivity contribution in [3.05, 3.63) is 52.6 Å². The maximum atomic E-state index is 13.0. The predicted octanol–water partition coefficient (Wildman–Crippen LogP) is 3.28. The number of alkyl halides is 2. The first-order valence-corrected chi connectivity index (χ1v) is 6.91. The van der Waals surface area contributed by atoms with Gasteiger partial charge in [-0.1, -0.05) is 11.6 Å². The number of nitrogens with zero attached hydrogens (tertiary/aromatic N) is 4. The van der Waals surface area contributed by atoms with Crippen LogP contribution < -0.4 is 5.32 Å². The van der Waals surface area contributed by atoms with Crippen molar-refractivity contribution in [3.8, 4) is 0 Å². The number of aromatic nitrogens is 4. The normalized spacial score (nSPS) is 11.2. The van der Waals surface area contributed by atoms with Crippen LogP contribution in [-0.4, -0.2) is 25.5 Å². The largest absolute Gasteiger partial charge is 0.319 e. The third kappa shape index (κ3) is 3.11. The molecule has 1 aromatic carbocycles. The second kappa shape index (κ2) is 5.88. The van der Waals surface area contributed by atoms with Gasteiger partial charge in [0.25, 0.3) is 18.1 Å². The van der Waals surface area contributed by atoms with Gasteiger partial charge in [0, 0.05) is 16.4 Å². The van der Waals surface area contributed by atoms with Crippen molar-refractivity contribution in [1.82, 2.24) is 19.6 Å². The fourth-order valence-electron chi connectivity index (χ4n) is 1.99. The highest BCUT2D eigenvalue weighted by Crippen LogP contribution is 2.20. The Morgan fingerprint density at radius 2 is 1.96 bits per heavy atom. The number of rotatable bonds is 3. The van der Waals surface area contributed by atoms with Crippen molar-refractivity contribution >= 4 is 29.0 Å². The van der Waals surface area contributed by atoms with E-state index < -0.39 is 12.3 Å². The minimum atomic E-state index is -2.76. The van der Waals surface area contributed by atoms with Gasteiger partial charge in [0.15, 0.2) is 0 Å². The zero-order valence-electron chi connectivity index (χ0n) is 11.8. The van der Waals surface area contributed by atoms with E-state index in [1.807, 2.05) is 0 Å². The average Bonchev–Trinajstić information content (AvgIpc) is 2.92. The van der Waals surface area contributed by atoms with Crippen molar-refractivity contribution in [1.29, 1.82) is 0 Å². The van der Waals surface area contributed by atoms with E-state index in [9.17, 15) is 13.6 Å². The monoisotopic (exact) mass is 337 g/mol. The Hall–Kier alpha value is -2.61. The summed E-state index contributed by atoms with van der Waals surface area (Å²) in [5.74, 6) is -0.933. The van der Waals surface area contributed by atoms with Gasteiger partial charge in [-0.25, -0.2) is 13.8 Å². The third-order valence-corrected chi connectivity index (χ3v) is 3.25. The molecule has 0 spiro atoms. The Morgan fingerprint density at radius 3 is 2.61 bits per heavy atom. The lowest BCUT2D eigenvalue weighted by atomic mass is 10.3. The van der Waals surface area contributed by atoms with Crippen LogP contribution in [0.4, 0.5) is 14.5 Å². The zero-order valence-corrected chi connectivity index (χ0v) is 12.6. The van der Waals surface area contributed by atoms with E-state index in [1.54, 1.807) is 31.2 Å². The van der Waals surface area contributed by atoms with E-state index in [4.69, 9.17) is 11.6 Å². The number of hydrogen-bond donors (Lipinski definition) is 1. The van der Waals surface area contributed by atoms with Crippen molar-refractivity contribution in [3.63, 3.8) is 0 Å². The third-order valence-electron chi connectivity index (χ3n) is 3.00. The topological polar surface area (TPSA) is 72.2 Å². The number of aryl methyl sites for hydroxylation is 1. The molecule has 3 rings (SSSR count). The summed E-state index contributed by atoms with van der Waals surface area (Å²) in [6.45, 7) is 1.56. The van der Waals surface area contributed by atoms with Crippen molar-refractivity contribution in [2.75, 3.05) is 5.32 Å². The van der Waals surface area contributed by atoms with Gasteiger partial charge in [-0.2, -0.15) is 9.50 Å². The fourth-order valence-corrected chi connectivity index (χ4v) is 2.11. The maximum absolute atomic E-state index is 13.0. The summed E-state index contributed by atoms with van der Waals surface area (Å²) in [5, 5.41) is 6.90. The number of carbonyl (C=O) groups is 1. The number of amides is 1. The molecule has 0 unspecified atom stereocenters. The van der Waals surface area contributed by atoms with Gasteiger partial charge in [-0.3, -0.25) is 4.79 Å². The van der Waals surface area contributed by atoms with Gasteiger partial charge >= 0.3 is 0 Å². The summed E-state index contributed by atoms with van der Waals surface area (Å²) in [6, 6.07) is 7.61. The van der Waals surface area contributed by atoms with E-state index in [0.717, 1.165) is 4.52 Å². The molecule has 23 heavy (non-hydrogen) atoms. The number of anilines is 1. The number of halogens is 3. The van der Waals surface area contributed by atoms with E-state index in [-0.39, 0.29) is 17.3 Å². The molecule has 118 valence electrons. The fraction of sp³-hybridized carbons (Fsp3) is 0.143. The van der Waals surface area contributed by atoms with Gasteiger partial charge in [0.2, 0.25) is 5.82 Å². The summed E-state index contributed by atoms with van der Waals surface area (Å²) >= 11 is 5.76. The summed E-state index contributed by atoms with van der Waals surface area (Å²) in [5.41, 5.74) is 0.479. The Kier molecular flexibility index (Phi) is 3.91. The molecule has 0 saturated heterocycles. The van der Waals surface area contributed by atoms with E-state index in [1.165, 1.54) is 6.07 Å². The number of fused-ring (bicyclic) bond motifs is 1. The lowest BCUT2D eigenvalue weighted by molar-refractivity contribution is 0.101. The molecule has 0 fully saturated rings. The minimum Gasteiger partial charge on any atom is -0.319 e. The van der Waals surface area contributed by atoms with Crippen LogP contribution in [0, 0.1) is 6.92 Å². The maximum Gasteiger partial charge on any atom is 0.295 e. The molecule has 0 radical (unpaired) electrons. The van der Waals surface area contributed by atoms with Crippen molar-refractivity contribution < 1.29 is 13.6 Å². The van der Waals surface area contributed by atoms with Crippen LogP contribution in [0.15, 0.2) is 30.3 Å². The molecule has 1 amide bonds. The van der Waals surface area contributed by atoms with Gasteiger partial charge in [0.05, 0.1) is 0 Å². The SMILES string of the molecule is Cc1cc(C(F)F)n2nc(C(=O)Nc3ccc(Cl)cc3)nc2n1. The van der Waals surface area contributed by atoms with Crippen molar-refractivity contribution in [2.45, 2.75) is 13.3 Å². The molecule has 0 aliphatic heterocycles. The molecule has 3 aromatic rings. The molecule has 9 heteroatoms. The number of benzene rings is 1. The summed E-state index contributed by atoms with van der Waals surface area (Å²) < 4.78 is 27.0. The highest BCUT2D eigenvalue weighted by atomic mass is 35.5. The molecule has 2 aromatic heterocycles. The highest BCUT2D eigenvalue weighted by molar-refractivity contribution is 6.30. The van der Waals surface area contributed by atoms with Gasteiger partial charge in [-0.15, -0.1) is 5.10 Å². The second-order valence-corrected chi connectivity index (χ2v) is 5.17. The average molecular weight is 338 g/mol. The van der Waals surface area contributed by atoms with Crippen LogP contribution in [-0.2, 0) is 0 Å². The molecule has 1 N–H and O–H groups in total. The van der Waals surface area contributed by atoms with Crippen LogP contribution in [0.2, 0.25) is 5.02 Å². The highest BCUT2D eigenvalue weighted by Gasteiger charge is 2.20. The Labute approximate surface area is 134 Å². The lowest BCUT2D eigenvalue weighted by Gasteiger charge is -2.03. The lowest BCUT2D eigenvalue weighted by Crippen LogP contribution is -2.14. The predicted molar refractivity (Wildman–Crippen MR) is 79.9 cm³/mol. The molecule has 6 nitrogen and oxygen atoms in total. The summed E-state index contributed by atoms with van der Waals surface area (Å²) in [6.07, 6.45) is -2.76. The Balaban J connectivity index is 1.95. The number of carbonyl (C=O) groups excluding carboxylic acids is 1. The smallest absolute Gasteiger partial charge is 0.295 e. The first-order chi connectivity index (χ1) is 10.9. The van der Waals surface area contributed by atoms with Gasteiger partial charge in [-0.05, 0) is 37.3 Å². The molecule has 0 aliphatic rings. The van der Waals surface area contributed by atoms with Gasteiger partial charge < -0.3 is 5.32 Å². The van der Waals surface area contributed by atoms with E-state index in [2.05, 4.69) is 20.4 Å². The van der Waals surface area contributed by atoms with E-state index in [0.29, 0.717) is 16.4 Å². The molecular weight excluding hydrogens is 328 g/mol. The second-order valence-electron chi connectivity index (χ2n) is 4.73. The van der Waals surface area contributed by atoms with Crippen LogP contribution in [0.5, 0.6) is 0 Å². The Morgan fingerprint density at radius 1 is 1.26 bits per heavy atom. The molecule has 0 saturated carbocycles. The van der Waals surface area contributed by atoms with Gasteiger partial charge in [0.1, 0.15) is 5.69 Å². The van der Waals surface area contributed by atoms with Crippen LogP contribution in [0.25, 0.3) is 5.78 Å². The van der Waals surface area contributed by atoms with Crippen molar-refractivity contribution in [2.24, 2.45) is 0 Å². The van der Waals surface area contributed by atoms with Crippen LogP contribution in [0.1, 0.15) is 28.4 Å². The molecular formula is C14H10ClF2N5O. The minimum absolute atomic E-state index is 0.0541. The van der Waals surface area contributed by atoms with Crippen LogP contribution in [0.3, 0.4) is 0 Å². The molecule has 0 aliphatic carbocycles. The first kappa shape index (κ1) is 15.3. The van der Waals surface area contributed by atoms with Crippen LogP contribution >= 0.6 is 11.6 Å². The molecule has 0 bridgehead atoms. The standard InChI is InChI=1S/C14H10ClF2N5O/c1-7-6-10(11(16)17)22-14(18-7)20-12(21-22)13(23)19-9-4-2-8(15)3-5-9/h2-6,11H,1H3,(H,19,23). The molecule has 0 atom stereocenters. The number of hydrogen-bond acceptors (Lipinski definition) is 4. The first-order valence-electron chi connectivity index (χ1n) is 6.53. The van der Waals surface area contributed by atoms with E-state index >= 15 is 0 Å². The molecule has 2 heterocycles. The Bertz CT molecular complexity index is 879. The quantitative estimate of drug-likeness (QED) is 0.796. The summed E-state index contributed by atoms with van der Waals surface area (Å²) in [7, 11) is 0. The summed E-state index contributed by atoms with van der Waals surface area (Å²) in [4.78, 5) is 20.0.